The summed E-state index contributed by atoms with van der Waals surface area (Å²) in [6.45, 7) is 1.68. The number of carbonyl (C=O) groups is 1. The van der Waals surface area contributed by atoms with Gasteiger partial charge < -0.3 is 10.2 Å². The highest BCUT2D eigenvalue weighted by molar-refractivity contribution is 7.91. The first-order chi connectivity index (χ1) is 10.3. The highest BCUT2D eigenvalue weighted by Gasteiger charge is 2.27. The zero-order chi connectivity index (χ0) is 16.3. The quantitative estimate of drug-likeness (QED) is 0.881. The number of hydrogen-bond acceptors (Lipinski definition) is 4. The summed E-state index contributed by atoms with van der Waals surface area (Å²) in [4.78, 5) is 13.5. The van der Waals surface area contributed by atoms with Crippen LogP contribution in [-0.2, 0) is 9.84 Å². The highest BCUT2D eigenvalue weighted by atomic mass is 35.5. The van der Waals surface area contributed by atoms with Crippen LogP contribution in [0.4, 0.5) is 8.78 Å². The number of nitrogens with one attached hydrogen (secondary N) is 1. The summed E-state index contributed by atoms with van der Waals surface area (Å²) in [5, 5.41) is 3.21. The van der Waals surface area contributed by atoms with Crippen LogP contribution in [0, 0.1) is 0 Å². The van der Waals surface area contributed by atoms with Crippen molar-refractivity contribution in [1.29, 1.82) is 0 Å². The molecular formula is C14H19ClF2N2O3S. The molecule has 0 atom stereocenters. The number of alkyl halides is 2. The number of amides is 1. The fourth-order valence-corrected chi connectivity index (χ4v) is 3.17. The lowest BCUT2D eigenvalue weighted by Crippen LogP contribution is -2.43. The Morgan fingerprint density at radius 1 is 1.22 bits per heavy atom. The second-order valence-corrected chi connectivity index (χ2v) is 7.15. The lowest BCUT2D eigenvalue weighted by atomic mass is 10.0. The molecule has 0 radical (unpaired) electrons. The van der Waals surface area contributed by atoms with Crippen LogP contribution in [0.5, 0.6) is 0 Å². The SMILES string of the molecule is CN(C(=O)c1ccc(S(=O)(=O)C(F)F)cc1)C1CCNCC1.Cl. The van der Waals surface area contributed by atoms with Gasteiger partial charge in [0.25, 0.3) is 5.91 Å². The van der Waals surface area contributed by atoms with E-state index in [9.17, 15) is 22.0 Å². The van der Waals surface area contributed by atoms with Crippen LogP contribution in [0.15, 0.2) is 29.2 Å². The average molecular weight is 369 g/mol. The second-order valence-electron chi connectivity index (χ2n) is 5.23. The molecule has 1 heterocycles. The van der Waals surface area contributed by atoms with Gasteiger partial charge in [0.2, 0.25) is 9.84 Å². The number of halogens is 3. The fourth-order valence-electron chi connectivity index (χ4n) is 2.45. The minimum absolute atomic E-state index is 0. The van der Waals surface area contributed by atoms with E-state index in [1.54, 1.807) is 11.9 Å². The van der Waals surface area contributed by atoms with Crippen molar-refractivity contribution in [3.05, 3.63) is 29.8 Å². The van der Waals surface area contributed by atoms with Gasteiger partial charge in [0.1, 0.15) is 0 Å². The Hall–Kier alpha value is -1.25. The largest absolute Gasteiger partial charge is 0.341 e. The second kappa shape index (κ2) is 8.03. The van der Waals surface area contributed by atoms with Gasteiger partial charge in [-0.25, -0.2) is 8.42 Å². The van der Waals surface area contributed by atoms with Crippen molar-refractivity contribution in [2.24, 2.45) is 0 Å². The minimum atomic E-state index is -4.63. The number of rotatable bonds is 4. The molecule has 130 valence electrons. The van der Waals surface area contributed by atoms with Crippen molar-refractivity contribution in [1.82, 2.24) is 10.2 Å². The molecule has 1 aliphatic heterocycles. The van der Waals surface area contributed by atoms with Gasteiger partial charge in [-0.1, -0.05) is 0 Å². The molecule has 23 heavy (non-hydrogen) atoms. The number of nitrogens with zero attached hydrogens (tertiary/aromatic N) is 1. The van der Waals surface area contributed by atoms with Gasteiger partial charge in [-0.05, 0) is 50.2 Å². The normalized spacial score (nSPS) is 16.0. The highest BCUT2D eigenvalue weighted by Crippen LogP contribution is 2.20. The zero-order valence-electron chi connectivity index (χ0n) is 12.5. The Morgan fingerprint density at radius 2 is 1.74 bits per heavy atom. The molecule has 1 amide bonds. The van der Waals surface area contributed by atoms with Crippen LogP contribution in [0.2, 0.25) is 0 Å². The van der Waals surface area contributed by atoms with Crippen LogP contribution in [-0.4, -0.2) is 51.2 Å². The molecule has 0 aromatic heterocycles. The Balaban J connectivity index is 0.00000264. The molecule has 0 bridgehead atoms. The van der Waals surface area contributed by atoms with Gasteiger partial charge in [0.15, 0.2) is 0 Å². The average Bonchev–Trinajstić information content (AvgIpc) is 2.54. The van der Waals surface area contributed by atoms with Gasteiger partial charge in [-0.2, -0.15) is 8.78 Å². The molecule has 1 N–H and O–H groups in total. The van der Waals surface area contributed by atoms with Gasteiger partial charge in [-0.15, -0.1) is 12.4 Å². The minimum Gasteiger partial charge on any atom is -0.339 e. The zero-order valence-corrected chi connectivity index (χ0v) is 14.2. The van der Waals surface area contributed by atoms with E-state index in [1.165, 1.54) is 12.1 Å². The maximum absolute atomic E-state index is 12.5. The van der Waals surface area contributed by atoms with Crippen LogP contribution in [0.3, 0.4) is 0 Å². The maximum atomic E-state index is 12.5. The van der Waals surface area contributed by atoms with Gasteiger partial charge in [0, 0.05) is 18.7 Å². The summed E-state index contributed by atoms with van der Waals surface area (Å²) in [6, 6.07) is 4.76. The Labute approximate surface area is 140 Å². The smallest absolute Gasteiger partial charge is 0.339 e. The van der Waals surface area contributed by atoms with E-state index >= 15 is 0 Å². The summed E-state index contributed by atoms with van der Waals surface area (Å²) >= 11 is 0. The molecule has 0 aliphatic carbocycles. The monoisotopic (exact) mass is 368 g/mol. The maximum Gasteiger partial charge on any atom is 0.341 e. The van der Waals surface area contributed by atoms with E-state index in [0.29, 0.717) is 0 Å². The molecular weight excluding hydrogens is 350 g/mol. The number of hydrogen-bond donors (Lipinski definition) is 1. The molecule has 2 rings (SSSR count). The number of carbonyl (C=O) groups excluding carboxylic acids is 1. The Morgan fingerprint density at radius 3 is 2.22 bits per heavy atom. The van der Waals surface area contributed by atoms with E-state index in [1.807, 2.05) is 0 Å². The number of sulfone groups is 1. The first-order valence-electron chi connectivity index (χ1n) is 6.94. The van der Waals surface area contributed by atoms with Crippen molar-refractivity contribution in [3.8, 4) is 0 Å². The molecule has 1 aliphatic rings. The molecule has 5 nitrogen and oxygen atoms in total. The summed E-state index contributed by atoms with van der Waals surface area (Å²) in [7, 11) is -2.93. The van der Waals surface area contributed by atoms with Crippen LogP contribution in [0.1, 0.15) is 23.2 Å². The molecule has 1 fully saturated rings. The molecule has 1 saturated heterocycles. The lowest BCUT2D eigenvalue weighted by Gasteiger charge is -2.31. The predicted octanol–water partition coefficient (Wildman–Crippen LogP) is 1.93. The van der Waals surface area contributed by atoms with Crippen molar-refractivity contribution in [2.75, 3.05) is 20.1 Å². The summed E-state index contributed by atoms with van der Waals surface area (Å²) in [5.41, 5.74) is 0.286. The molecule has 1 aromatic carbocycles. The van der Waals surface area contributed by atoms with Gasteiger partial charge >= 0.3 is 5.76 Å². The van der Waals surface area contributed by atoms with E-state index in [4.69, 9.17) is 0 Å². The van der Waals surface area contributed by atoms with E-state index in [2.05, 4.69) is 5.32 Å². The molecule has 0 spiro atoms. The van der Waals surface area contributed by atoms with Crippen LogP contribution < -0.4 is 5.32 Å². The summed E-state index contributed by atoms with van der Waals surface area (Å²) in [5.74, 6) is -3.71. The molecule has 1 aromatic rings. The third-order valence-electron chi connectivity index (χ3n) is 3.84. The van der Waals surface area contributed by atoms with E-state index in [-0.39, 0.29) is 29.9 Å². The summed E-state index contributed by atoms with van der Waals surface area (Å²) in [6.07, 6.45) is 1.69. The van der Waals surface area contributed by atoms with Crippen molar-refractivity contribution >= 4 is 28.2 Å². The van der Waals surface area contributed by atoms with Gasteiger partial charge in [0.05, 0.1) is 4.90 Å². The van der Waals surface area contributed by atoms with Crippen LogP contribution in [0.25, 0.3) is 0 Å². The molecule has 0 saturated carbocycles. The topological polar surface area (TPSA) is 66.5 Å². The van der Waals surface area contributed by atoms with Crippen molar-refractivity contribution in [2.45, 2.75) is 29.5 Å². The van der Waals surface area contributed by atoms with Crippen molar-refractivity contribution < 1.29 is 22.0 Å². The lowest BCUT2D eigenvalue weighted by molar-refractivity contribution is 0.0703. The van der Waals surface area contributed by atoms with E-state index in [0.717, 1.165) is 38.1 Å². The van der Waals surface area contributed by atoms with Crippen LogP contribution >= 0.6 is 12.4 Å². The molecule has 9 heteroatoms. The predicted molar refractivity (Wildman–Crippen MR) is 84.9 cm³/mol. The Bertz CT molecular complexity index is 632. The Kier molecular flexibility index (Phi) is 6.91. The third-order valence-corrected chi connectivity index (χ3v) is 5.24. The van der Waals surface area contributed by atoms with Gasteiger partial charge in [-0.3, -0.25) is 4.79 Å². The van der Waals surface area contributed by atoms with Crippen molar-refractivity contribution in [3.63, 3.8) is 0 Å². The molecule has 0 unspecified atom stereocenters. The third kappa shape index (κ3) is 4.39. The summed E-state index contributed by atoms with van der Waals surface area (Å²) < 4.78 is 47.6. The van der Waals surface area contributed by atoms with E-state index < -0.39 is 20.5 Å². The standard InChI is InChI=1S/C14H18F2N2O3S.ClH/c1-18(11-6-8-17-9-7-11)13(19)10-2-4-12(5-3-10)22(20,21)14(15)16;/h2-5,11,14,17H,6-9H2,1H3;1H. The first-order valence-corrected chi connectivity index (χ1v) is 8.48. The number of benzene rings is 1. The fraction of sp³-hybridized carbons (Fsp3) is 0.500. The number of piperidine rings is 1. The first kappa shape index (κ1) is 19.8.